The quantitative estimate of drug-likeness (QED) is 0.483. The average molecular weight is 429 g/mol. The molecule has 32 heavy (non-hydrogen) atoms. The summed E-state index contributed by atoms with van der Waals surface area (Å²) in [6.45, 7) is 4.93. The van der Waals surface area contributed by atoms with Crippen molar-refractivity contribution in [2.45, 2.75) is 13.8 Å². The number of carbonyl (C=O) groups is 1. The van der Waals surface area contributed by atoms with E-state index in [1.807, 2.05) is 68.4 Å². The van der Waals surface area contributed by atoms with Crippen LogP contribution in [-0.2, 0) is 4.79 Å². The van der Waals surface area contributed by atoms with Crippen molar-refractivity contribution < 1.29 is 19.0 Å². The highest BCUT2D eigenvalue weighted by molar-refractivity contribution is 5.92. The molecule has 1 amide bonds. The first-order valence-electron chi connectivity index (χ1n) is 10.5. The van der Waals surface area contributed by atoms with E-state index in [0.29, 0.717) is 36.2 Å². The first kappa shape index (κ1) is 19.9. The predicted molar refractivity (Wildman–Crippen MR) is 123 cm³/mol. The topological polar surface area (TPSA) is 85.5 Å². The number of anilines is 1. The van der Waals surface area contributed by atoms with Crippen molar-refractivity contribution in [1.82, 2.24) is 9.97 Å². The van der Waals surface area contributed by atoms with E-state index in [1.165, 1.54) is 0 Å². The molecule has 0 unspecified atom stereocenters. The summed E-state index contributed by atoms with van der Waals surface area (Å²) in [5, 5.41) is 2.89. The first-order valence-corrected chi connectivity index (χ1v) is 10.5. The number of ether oxygens (including phenoxy) is 3. The van der Waals surface area contributed by atoms with Gasteiger partial charge in [0.2, 0.25) is 0 Å². The molecule has 5 rings (SSSR count). The molecule has 0 saturated carbocycles. The van der Waals surface area contributed by atoms with E-state index in [0.717, 1.165) is 33.5 Å². The number of amides is 1. The Hall–Kier alpha value is -4.00. The Bertz CT molecular complexity index is 1250. The highest BCUT2D eigenvalue weighted by atomic mass is 16.6. The summed E-state index contributed by atoms with van der Waals surface area (Å²) in [4.78, 5) is 20.5. The zero-order valence-corrected chi connectivity index (χ0v) is 17.9. The second-order valence-electron chi connectivity index (χ2n) is 7.74. The van der Waals surface area contributed by atoms with Gasteiger partial charge in [-0.2, -0.15) is 0 Å². The molecular formula is C25H23N3O4. The van der Waals surface area contributed by atoms with Gasteiger partial charge in [-0.3, -0.25) is 4.79 Å². The van der Waals surface area contributed by atoms with Crippen molar-refractivity contribution in [1.29, 1.82) is 0 Å². The number of para-hydroxylation sites is 1. The average Bonchev–Trinajstić information content (AvgIpc) is 3.20. The van der Waals surface area contributed by atoms with Crippen LogP contribution in [0, 0.1) is 13.8 Å². The summed E-state index contributed by atoms with van der Waals surface area (Å²) in [7, 11) is 0. The standard InChI is InChI=1S/C25H23N3O4/c1-15-5-3-6-16(2)24(15)32-14-23(29)26-18-8-4-7-17(11-18)25-27-19-12-21-22(13-20(19)28-25)31-10-9-30-21/h3-8,11-13H,9-10,14H2,1-2H3,(H,26,29)(H,27,28). The van der Waals surface area contributed by atoms with Crippen molar-refractivity contribution >= 4 is 22.6 Å². The number of nitrogens with zero attached hydrogens (tertiary/aromatic N) is 1. The maximum atomic E-state index is 12.5. The van der Waals surface area contributed by atoms with E-state index in [1.54, 1.807) is 0 Å². The van der Waals surface area contributed by atoms with Crippen molar-refractivity contribution in [3.8, 4) is 28.6 Å². The number of H-pyrrole nitrogens is 1. The van der Waals surface area contributed by atoms with E-state index in [9.17, 15) is 4.79 Å². The minimum Gasteiger partial charge on any atom is -0.486 e. The van der Waals surface area contributed by atoms with Crippen LogP contribution in [0.1, 0.15) is 11.1 Å². The molecule has 4 aromatic rings. The Morgan fingerprint density at radius 2 is 1.75 bits per heavy atom. The SMILES string of the molecule is Cc1cccc(C)c1OCC(=O)Nc1cccc(-c2nc3cc4c(cc3[nH]2)OCCO4)c1. The van der Waals surface area contributed by atoms with Crippen LogP contribution >= 0.6 is 0 Å². The number of aromatic nitrogens is 2. The molecule has 1 aliphatic heterocycles. The fourth-order valence-electron chi connectivity index (χ4n) is 3.79. The number of nitrogens with one attached hydrogen (secondary N) is 2. The van der Waals surface area contributed by atoms with Gasteiger partial charge in [-0.1, -0.05) is 30.3 Å². The maximum absolute atomic E-state index is 12.5. The fourth-order valence-corrected chi connectivity index (χ4v) is 3.79. The number of fused-ring (bicyclic) bond motifs is 2. The van der Waals surface area contributed by atoms with Crippen LogP contribution in [0.25, 0.3) is 22.4 Å². The molecule has 0 saturated heterocycles. The molecule has 1 aromatic heterocycles. The van der Waals surface area contributed by atoms with Gasteiger partial charge in [-0.25, -0.2) is 4.98 Å². The van der Waals surface area contributed by atoms with E-state index >= 15 is 0 Å². The van der Waals surface area contributed by atoms with Gasteiger partial charge in [0.15, 0.2) is 18.1 Å². The molecule has 0 bridgehead atoms. The van der Waals surface area contributed by atoms with E-state index in [4.69, 9.17) is 14.2 Å². The third-order valence-corrected chi connectivity index (χ3v) is 5.32. The van der Waals surface area contributed by atoms with Gasteiger partial charge in [0.1, 0.15) is 24.8 Å². The molecule has 0 fully saturated rings. The van der Waals surface area contributed by atoms with Gasteiger partial charge < -0.3 is 24.5 Å². The summed E-state index contributed by atoms with van der Waals surface area (Å²) in [5.74, 6) is 2.63. The van der Waals surface area contributed by atoms with Crippen molar-refractivity contribution in [3.05, 3.63) is 65.7 Å². The summed E-state index contributed by atoms with van der Waals surface area (Å²) in [6.07, 6.45) is 0. The van der Waals surface area contributed by atoms with Gasteiger partial charge >= 0.3 is 0 Å². The van der Waals surface area contributed by atoms with Crippen molar-refractivity contribution in [2.24, 2.45) is 0 Å². The van der Waals surface area contributed by atoms with Crippen LogP contribution in [0.3, 0.4) is 0 Å². The summed E-state index contributed by atoms with van der Waals surface area (Å²) < 4.78 is 17.0. The van der Waals surface area contributed by atoms with Crippen LogP contribution < -0.4 is 19.5 Å². The number of carbonyl (C=O) groups excluding carboxylic acids is 1. The molecule has 2 heterocycles. The number of benzene rings is 3. The van der Waals surface area contributed by atoms with Gasteiger partial charge in [-0.05, 0) is 37.1 Å². The minimum atomic E-state index is -0.226. The number of hydrogen-bond acceptors (Lipinski definition) is 5. The lowest BCUT2D eigenvalue weighted by Gasteiger charge is -2.17. The van der Waals surface area contributed by atoms with E-state index in [2.05, 4.69) is 15.3 Å². The molecule has 2 N–H and O–H groups in total. The molecule has 7 heteroatoms. The highest BCUT2D eigenvalue weighted by Gasteiger charge is 2.16. The summed E-state index contributed by atoms with van der Waals surface area (Å²) >= 11 is 0. The Morgan fingerprint density at radius 1 is 1.03 bits per heavy atom. The number of aromatic amines is 1. The second-order valence-corrected chi connectivity index (χ2v) is 7.74. The Labute approximate surface area is 185 Å². The van der Waals surface area contributed by atoms with Gasteiger partial charge in [0.05, 0.1) is 11.0 Å². The van der Waals surface area contributed by atoms with Crippen LogP contribution in [-0.4, -0.2) is 35.7 Å². The van der Waals surface area contributed by atoms with Crippen LogP contribution in [0.5, 0.6) is 17.2 Å². The molecule has 0 radical (unpaired) electrons. The van der Waals surface area contributed by atoms with Crippen molar-refractivity contribution in [2.75, 3.05) is 25.1 Å². The van der Waals surface area contributed by atoms with E-state index < -0.39 is 0 Å². The Balaban J connectivity index is 1.31. The largest absolute Gasteiger partial charge is 0.486 e. The third-order valence-electron chi connectivity index (χ3n) is 5.32. The lowest BCUT2D eigenvalue weighted by Crippen LogP contribution is -2.20. The zero-order chi connectivity index (χ0) is 22.1. The molecule has 162 valence electrons. The highest BCUT2D eigenvalue weighted by Crippen LogP contribution is 2.35. The zero-order valence-electron chi connectivity index (χ0n) is 17.9. The second kappa shape index (κ2) is 8.26. The Morgan fingerprint density at radius 3 is 2.53 bits per heavy atom. The minimum absolute atomic E-state index is 0.0634. The first-order chi connectivity index (χ1) is 15.6. The van der Waals surface area contributed by atoms with Crippen LogP contribution in [0.2, 0.25) is 0 Å². The monoisotopic (exact) mass is 429 g/mol. The summed E-state index contributed by atoms with van der Waals surface area (Å²) in [5.41, 5.74) is 5.18. The Kier molecular flexibility index (Phi) is 5.15. The van der Waals surface area contributed by atoms with Crippen LogP contribution in [0.4, 0.5) is 5.69 Å². The lowest BCUT2D eigenvalue weighted by molar-refractivity contribution is -0.118. The fraction of sp³-hybridized carbons (Fsp3) is 0.200. The number of aryl methyl sites for hydroxylation is 2. The van der Waals surface area contributed by atoms with E-state index in [-0.39, 0.29) is 12.5 Å². The van der Waals surface area contributed by atoms with Crippen molar-refractivity contribution in [3.63, 3.8) is 0 Å². The number of imidazole rings is 1. The molecular weight excluding hydrogens is 406 g/mol. The van der Waals surface area contributed by atoms with Gasteiger partial charge in [-0.15, -0.1) is 0 Å². The lowest BCUT2D eigenvalue weighted by atomic mass is 10.1. The molecule has 3 aromatic carbocycles. The molecule has 0 aliphatic carbocycles. The molecule has 0 spiro atoms. The van der Waals surface area contributed by atoms with Crippen LogP contribution in [0.15, 0.2) is 54.6 Å². The summed E-state index contributed by atoms with van der Waals surface area (Å²) in [6, 6.07) is 17.2. The molecule has 1 aliphatic rings. The molecule has 7 nitrogen and oxygen atoms in total. The number of hydrogen-bond donors (Lipinski definition) is 2. The maximum Gasteiger partial charge on any atom is 0.262 e. The smallest absolute Gasteiger partial charge is 0.262 e. The van der Waals surface area contributed by atoms with Gasteiger partial charge in [0.25, 0.3) is 5.91 Å². The molecule has 0 atom stereocenters. The third kappa shape index (κ3) is 3.97. The predicted octanol–water partition coefficient (Wildman–Crippen LogP) is 4.64. The number of rotatable bonds is 5. The van der Waals surface area contributed by atoms with Gasteiger partial charge in [0, 0.05) is 23.4 Å². The normalized spacial score (nSPS) is 12.6.